The lowest BCUT2D eigenvalue weighted by atomic mass is 10.1. The van der Waals surface area contributed by atoms with E-state index in [0.717, 1.165) is 16.5 Å². The van der Waals surface area contributed by atoms with E-state index < -0.39 is 17.9 Å². The first-order chi connectivity index (χ1) is 15.3. The van der Waals surface area contributed by atoms with Crippen LogP contribution in [-0.2, 0) is 16.1 Å². The number of hydrogen-bond donors (Lipinski definition) is 1. The molecule has 1 aromatic heterocycles. The Kier molecular flexibility index (Phi) is 8.65. The number of benzene rings is 2. The normalized spacial score (nSPS) is 11.9. The third kappa shape index (κ3) is 6.29. The molecule has 0 aliphatic rings. The number of hydrogen-bond acceptors (Lipinski definition) is 5. The molecular weight excluding hydrogens is 491 g/mol. The van der Waals surface area contributed by atoms with Crippen molar-refractivity contribution in [3.05, 3.63) is 74.4 Å². The SMILES string of the molecule is CSCC[C@@H](NC(=O)c1ccc(Cl)cc1Cl)C(=O)OCc1cc2ccc(C)cc2nc1Cl. The smallest absolute Gasteiger partial charge is 0.329 e. The van der Waals surface area contributed by atoms with Gasteiger partial charge in [0.05, 0.1) is 16.1 Å². The molecule has 168 valence electrons. The lowest BCUT2D eigenvalue weighted by Crippen LogP contribution is -2.42. The number of halogens is 3. The Morgan fingerprint density at radius 3 is 2.62 bits per heavy atom. The number of carbonyl (C=O) groups is 2. The van der Waals surface area contributed by atoms with Gasteiger partial charge >= 0.3 is 5.97 Å². The van der Waals surface area contributed by atoms with Crippen LogP contribution in [0.3, 0.4) is 0 Å². The molecule has 1 N–H and O–H groups in total. The Morgan fingerprint density at radius 1 is 1.12 bits per heavy atom. The first-order valence-corrected chi connectivity index (χ1v) is 12.3. The van der Waals surface area contributed by atoms with Crippen molar-refractivity contribution >= 4 is 69.3 Å². The predicted octanol–water partition coefficient (Wildman–Crippen LogP) is 6.10. The second-order valence-electron chi connectivity index (χ2n) is 7.17. The molecule has 0 bridgehead atoms. The molecule has 3 rings (SSSR count). The second-order valence-corrected chi connectivity index (χ2v) is 9.36. The van der Waals surface area contributed by atoms with Crippen molar-refractivity contribution in [1.29, 1.82) is 0 Å². The van der Waals surface area contributed by atoms with Gasteiger partial charge in [0.15, 0.2) is 0 Å². The number of esters is 1. The zero-order valence-electron chi connectivity index (χ0n) is 17.5. The summed E-state index contributed by atoms with van der Waals surface area (Å²) in [6.07, 6.45) is 2.32. The summed E-state index contributed by atoms with van der Waals surface area (Å²) in [5, 5.41) is 4.50. The molecule has 0 saturated heterocycles. The van der Waals surface area contributed by atoms with Gasteiger partial charge in [-0.1, -0.05) is 46.9 Å². The molecule has 1 atom stereocenters. The van der Waals surface area contributed by atoms with Crippen LogP contribution < -0.4 is 5.32 Å². The Hall–Kier alpha value is -1.99. The number of rotatable bonds is 8. The van der Waals surface area contributed by atoms with Crippen LogP contribution >= 0.6 is 46.6 Å². The first kappa shape index (κ1) is 24.6. The minimum atomic E-state index is -0.837. The molecule has 5 nitrogen and oxygen atoms in total. The Balaban J connectivity index is 1.72. The number of ether oxygens (including phenoxy) is 1. The van der Waals surface area contributed by atoms with Crippen molar-refractivity contribution in [2.45, 2.75) is 26.0 Å². The lowest BCUT2D eigenvalue weighted by Gasteiger charge is -2.18. The predicted molar refractivity (Wildman–Crippen MR) is 132 cm³/mol. The van der Waals surface area contributed by atoms with Gasteiger partial charge in [-0.15, -0.1) is 0 Å². The topological polar surface area (TPSA) is 68.3 Å². The molecule has 0 fully saturated rings. The molecule has 0 aliphatic heterocycles. The Bertz CT molecular complexity index is 1160. The fourth-order valence-corrected chi connectivity index (χ4v) is 4.21. The number of fused-ring (bicyclic) bond motifs is 1. The number of pyridine rings is 1. The van der Waals surface area contributed by atoms with Crippen molar-refractivity contribution in [1.82, 2.24) is 10.3 Å². The van der Waals surface area contributed by atoms with Crippen LogP contribution in [0, 0.1) is 6.92 Å². The maximum Gasteiger partial charge on any atom is 0.329 e. The average Bonchev–Trinajstić information content (AvgIpc) is 2.74. The van der Waals surface area contributed by atoms with Gasteiger partial charge in [-0.25, -0.2) is 9.78 Å². The van der Waals surface area contributed by atoms with Crippen molar-refractivity contribution in [2.24, 2.45) is 0 Å². The van der Waals surface area contributed by atoms with E-state index in [1.165, 1.54) is 12.1 Å². The minimum Gasteiger partial charge on any atom is -0.459 e. The van der Waals surface area contributed by atoms with Crippen molar-refractivity contribution in [2.75, 3.05) is 12.0 Å². The van der Waals surface area contributed by atoms with Gasteiger partial charge in [-0.2, -0.15) is 11.8 Å². The van der Waals surface area contributed by atoms with Gasteiger partial charge in [0.2, 0.25) is 0 Å². The van der Waals surface area contributed by atoms with Crippen molar-refractivity contribution in [3.63, 3.8) is 0 Å². The van der Waals surface area contributed by atoms with E-state index in [-0.39, 0.29) is 22.3 Å². The highest BCUT2D eigenvalue weighted by atomic mass is 35.5. The van der Waals surface area contributed by atoms with E-state index in [9.17, 15) is 9.59 Å². The zero-order chi connectivity index (χ0) is 23.3. The number of thioether (sulfide) groups is 1. The molecule has 0 unspecified atom stereocenters. The van der Waals surface area contributed by atoms with Crippen molar-refractivity contribution < 1.29 is 14.3 Å². The molecule has 2 aromatic carbocycles. The first-order valence-electron chi connectivity index (χ1n) is 9.75. The van der Waals surface area contributed by atoms with Crippen molar-refractivity contribution in [3.8, 4) is 0 Å². The summed E-state index contributed by atoms with van der Waals surface area (Å²) in [6.45, 7) is 1.92. The summed E-state index contributed by atoms with van der Waals surface area (Å²) in [6, 6.07) is 11.4. The fourth-order valence-electron chi connectivity index (χ4n) is 3.04. The van der Waals surface area contributed by atoms with E-state index in [0.29, 0.717) is 22.8 Å². The zero-order valence-corrected chi connectivity index (χ0v) is 20.5. The van der Waals surface area contributed by atoms with Crippen LogP contribution in [0.25, 0.3) is 10.9 Å². The molecule has 0 aliphatic carbocycles. The molecule has 0 radical (unpaired) electrons. The molecule has 0 saturated carbocycles. The van der Waals surface area contributed by atoms with E-state index in [2.05, 4.69) is 10.3 Å². The Labute approximate surface area is 205 Å². The van der Waals surface area contributed by atoms with Crippen LogP contribution in [-0.4, -0.2) is 34.9 Å². The van der Waals surface area contributed by atoms with Gasteiger partial charge in [-0.05, 0) is 61.2 Å². The number of aryl methyl sites for hydroxylation is 1. The van der Waals surface area contributed by atoms with E-state index in [1.54, 1.807) is 17.8 Å². The summed E-state index contributed by atoms with van der Waals surface area (Å²) in [5.41, 5.74) is 2.67. The third-order valence-corrected chi connectivity index (χ3v) is 6.26. The maximum atomic E-state index is 12.8. The molecule has 0 spiro atoms. The molecule has 3 aromatic rings. The van der Waals surface area contributed by atoms with Crippen LogP contribution in [0.2, 0.25) is 15.2 Å². The minimum absolute atomic E-state index is 0.0537. The summed E-state index contributed by atoms with van der Waals surface area (Å²) in [4.78, 5) is 29.8. The highest BCUT2D eigenvalue weighted by Crippen LogP contribution is 2.23. The molecule has 1 heterocycles. The number of nitrogens with zero attached hydrogens (tertiary/aromatic N) is 1. The van der Waals surface area contributed by atoms with Crippen LogP contribution in [0.15, 0.2) is 42.5 Å². The number of aromatic nitrogens is 1. The van der Waals surface area contributed by atoms with Crippen LogP contribution in [0.1, 0.15) is 27.9 Å². The van der Waals surface area contributed by atoms with E-state index >= 15 is 0 Å². The van der Waals surface area contributed by atoms with Gasteiger partial charge in [-0.3, -0.25) is 4.79 Å². The summed E-state index contributed by atoms with van der Waals surface area (Å²) < 4.78 is 5.49. The lowest BCUT2D eigenvalue weighted by molar-refractivity contribution is -0.147. The van der Waals surface area contributed by atoms with Crippen LogP contribution in [0.5, 0.6) is 0 Å². The third-order valence-electron chi connectivity index (χ3n) is 4.75. The van der Waals surface area contributed by atoms with Gasteiger partial charge in [0, 0.05) is 16.0 Å². The summed E-state index contributed by atoms with van der Waals surface area (Å²) in [7, 11) is 0. The molecule has 32 heavy (non-hydrogen) atoms. The Morgan fingerprint density at radius 2 is 1.91 bits per heavy atom. The molecular formula is C23H21Cl3N2O3S. The second kappa shape index (κ2) is 11.2. The van der Waals surface area contributed by atoms with E-state index in [1.807, 2.05) is 37.4 Å². The number of amides is 1. The number of nitrogens with one attached hydrogen (secondary N) is 1. The van der Waals surface area contributed by atoms with Gasteiger partial charge in [0.1, 0.15) is 17.8 Å². The summed E-state index contributed by atoms with van der Waals surface area (Å²) in [5.74, 6) is -0.375. The highest BCUT2D eigenvalue weighted by molar-refractivity contribution is 7.98. The fraction of sp³-hybridized carbons (Fsp3) is 0.261. The van der Waals surface area contributed by atoms with E-state index in [4.69, 9.17) is 39.5 Å². The highest BCUT2D eigenvalue weighted by Gasteiger charge is 2.24. The van der Waals surface area contributed by atoms with Gasteiger partial charge in [0.25, 0.3) is 5.91 Å². The summed E-state index contributed by atoms with van der Waals surface area (Å²) >= 11 is 19.9. The largest absolute Gasteiger partial charge is 0.459 e. The number of carbonyl (C=O) groups excluding carboxylic acids is 2. The molecule has 1 amide bonds. The average molecular weight is 512 g/mol. The molecule has 9 heteroatoms. The monoisotopic (exact) mass is 510 g/mol. The van der Waals surface area contributed by atoms with Gasteiger partial charge < -0.3 is 10.1 Å². The maximum absolute atomic E-state index is 12.8. The van der Waals surface area contributed by atoms with Crippen LogP contribution in [0.4, 0.5) is 0 Å². The standard InChI is InChI=1S/C23H21Cl3N2O3S/c1-13-3-4-14-10-15(21(26)27-20(14)9-13)12-31-23(30)19(7-8-32-2)28-22(29)17-6-5-16(24)11-18(17)25/h3-6,9-11,19H,7-8,12H2,1-2H3,(H,28,29)/t19-/m1/s1. The quantitative estimate of drug-likeness (QED) is 0.292.